The normalized spacial score (nSPS) is 16.0. The SMILES string of the molecule is O=C1C(Nc2ccccc2)=C[C@H](c2cccc([N+](=O)[O-])c2)N1c1ccccc1. The molecule has 0 saturated carbocycles. The lowest BCUT2D eigenvalue weighted by molar-refractivity contribution is -0.384. The highest BCUT2D eigenvalue weighted by atomic mass is 16.6. The first-order chi connectivity index (χ1) is 13.6. The van der Waals surface area contributed by atoms with E-state index < -0.39 is 11.0 Å². The van der Waals surface area contributed by atoms with E-state index in [9.17, 15) is 14.9 Å². The van der Waals surface area contributed by atoms with Gasteiger partial charge in [-0.15, -0.1) is 0 Å². The molecule has 28 heavy (non-hydrogen) atoms. The summed E-state index contributed by atoms with van der Waals surface area (Å²) < 4.78 is 0. The maximum absolute atomic E-state index is 13.2. The fourth-order valence-electron chi connectivity index (χ4n) is 3.27. The summed E-state index contributed by atoms with van der Waals surface area (Å²) in [7, 11) is 0. The minimum absolute atomic E-state index is 0.00386. The third-order valence-corrected chi connectivity index (χ3v) is 4.56. The van der Waals surface area contributed by atoms with Crippen molar-refractivity contribution in [2.75, 3.05) is 10.2 Å². The first-order valence-corrected chi connectivity index (χ1v) is 8.80. The molecule has 138 valence electrons. The number of nitro groups is 1. The Morgan fingerprint density at radius 3 is 2.25 bits per heavy atom. The van der Waals surface area contributed by atoms with Crippen molar-refractivity contribution in [1.82, 2.24) is 0 Å². The van der Waals surface area contributed by atoms with Gasteiger partial charge in [0.2, 0.25) is 0 Å². The van der Waals surface area contributed by atoms with E-state index in [0.29, 0.717) is 11.3 Å². The van der Waals surface area contributed by atoms with Crippen molar-refractivity contribution in [3.8, 4) is 0 Å². The van der Waals surface area contributed by atoms with Crippen LogP contribution >= 0.6 is 0 Å². The molecule has 0 saturated heterocycles. The zero-order chi connectivity index (χ0) is 19.5. The van der Waals surface area contributed by atoms with E-state index >= 15 is 0 Å². The number of nitro benzene ring substituents is 1. The Labute approximate surface area is 161 Å². The van der Waals surface area contributed by atoms with E-state index in [4.69, 9.17) is 0 Å². The van der Waals surface area contributed by atoms with Crippen LogP contribution in [-0.2, 0) is 4.79 Å². The summed E-state index contributed by atoms with van der Waals surface area (Å²) in [5.74, 6) is -0.188. The lowest BCUT2D eigenvalue weighted by atomic mass is 10.1. The number of amides is 1. The van der Waals surface area contributed by atoms with E-state index in [1.807, 2.05) is 60.7 Å². The number of hydrogen-bond acceptors (Lipinski definition) is 4. The molecule has 1 heterocycles. The number of anilines is 2. The molecule has 6 heteroatoms. The Hall–Kier alpha value is -3.93. The molecule has 1 atom stereocenters. The van der Waals surface area contributed by atoms with Gasteiger partial charge in [0.1, 0.15) is 5.70 Å². The van der Waals surface area contributed by atoms with Crippen LogP contribution < -0.4 is 10.2 Å². The highest BCUT2D eigenvalue weighted by Gasteiger charge is 2.35. The molecule has 0 radical (unpaired) electrons. The standard InChI is InChI=1S/C22H17N3O3/c26-22-20(23-17-9-3-1-4-10-17)15-21(24(22)18-11-5-2-6-12-18)16-8-7-13-19(14-16)25(27)28/h1-15,21,23H/t21-/m1/s1. The Bertz CT molecular complexity index is 1050. The van der Waals surface area contributed by atoms with E-state index in [-0.39, 0.29) is 11.6 Å². The fraction of sp³-hybridized carbons (Fsp3) is 0.0455. The second-order valence-corrected chi connectivity index (χ2v) is 6.38. The molecule has 1 amide bonds. The summed E-state index contributed by atoms with van der Waals surface area (Å²) >= 11 is 0. The summed E-state index contributed by atoms with van der Waals surface area (Å²) in [6, 6.07) is 24.7. The molecule has 0 fully saturated rings. The van der Waals surface area contributed by atoms with Gasteiger partial charge < -0.3 is 5.32 Å². The Morgan fingerprint density at radius 1 is 0.893 bits per heavy atom. The van der Waals surface area contributed by atoms with E-state index in [2.05, 4.69) is 5.32 Å². The summed E-state index contributed by atoms with van der Waals surface area (Å²) in [4.78, 5) is 25.6. The topological polar surface area (TPSA) is 75.5 Å². The van der Waals surface area contributed by atoms with E-state index in [1.165, 1.54) is 12.1 Å². The van der Waals surface area contributed by atoms with Crippen LogP contribution in [0.2, 0.25) is 0 Å². The van der Waals surface area contributed by atoms with Crippen molar-refractivity contribution in [3.05, 3.63) is 112 Å². The van der Waals surface area contributed by atoms with E-state index in [1.54, 1.807) is 23.1 Å². The second kappa shape index (κ2) is 7.36. The highest BCUT2D eigenvalue weighted by molar-refractivity contribution is 6.11. The molecule has 0 unspecified atom stereocenters. The van der Waals surface area contributed by atoms with Crippen molar-refractivity contribution in [2.24, 2.45) is 0 Å². The van der Waals surface area contributed by atoms with Crippen LogP contribution in [0.1, 0.15) is 11.6 Å². The highest BCUT2D eigenvalue weighted by Crippen LogP contribution is 2.36. The van der Waals surface area contributed by atoms with Gasteiger partial charge in [-0.3, -0.25) is 19.8 Å². The molecular formula is C22H17N3O3. The fourth-order valence-corrected chi connectivity index (χ4v) is 3.27. The van der Waals surface area contributed by atoms with Gasteiger partial charge in [0, 0.05) is 23.5 Å². The van der Waals surface area contributed by atoms with Crippen LogP contribution in [0.15, 0.2) is 96.7 Å². The zero-order valence-corrected chi connectivity index (χ0v) is 14.9. The predicted molar refractivity (Wildman–Crippen MR) is 108 cm³/mol. The van der Waals surface area contributed by atoms with Crippen molar-refractivity contribution in [2.45, 2.75) is 6.04 Å². The molecular weight excluding hydrogens is 354 g/mol. The quantitative estimate of drug-likeness (QED) is 0.522. The van der Waals surface area contributed by atoms with Crippen LogP contribution in [0.25, 0.3) is 0 Å². The molecule has 0 bridgehead atoms. The number of carbonyl (C=O) groups is 1. The first-order valence-electron chi connectivity index (χ1n) is 8.80. The molecule has 1 N–H and O–H groups in total. The Balaban J connectivity index is 1.76. The minimum Gasteiger partial charge on any atom is -0.351 e. The van der Waals surface area contributed by atoms with Gasteiger partial charge in [-0.05, 0) is 35.9 Å². The molecule has 4 rings (SSSR count). The summed E-state index contributed by atoms with van der Waals surface area (Å²) in [5.41, 5.74) is 2.64. The number of carbonyl (C=O) groups excluding carboxylic acids is 1. The largest absolute Gasteiger partial charge is 0.351 e. The van der Waals surface area contributed by atoms with Gasteiger partial charge in [-0.25, -0.2) is 0 Å². The van der Waals surface area contributed by atoms with Gasteiger partial charge in [0.05, 0.1) is 11.0 Å². The molecule has 3 aromatic carbocycles. The number of nitrogens with one attached hydrogen (secondary N) is 1. The maximum atomic E-state index is 13.2. The van der Waals surface area contributed by atoms with Gasteiger partial charge in [0.25, 0.3) is 11.6 Å². The van der Waals surface area contributed by atoms with Crippen molar-refractivity contribution >= 4 is 23.0 Å². The number of non-ortho nitro benzene ring substituents is 1. The molecule has 1 aliphatic rings. The lowest BCUT2D eigenvalue weighted by Crippen LogP contribution is -2.30. The minimum atomic E-state index is -0.444. The van der Waals surface area contributed by atoms with Crippen LogP contribution in [0.3, 0.4) is 0 Å². The van der Waals surface area contributed by atoms with Gasteiger partial charge in [-0.1, -0.05) is 48.5 Å². The third-order valence-electron chi connectivity index (χ3n) is 4.56. The smallest absolute Gasteiger partial charge is 0.275 e. The summed E-state index contributed by atoms with van der Waals surface area (Å²) in [5, 5.41) is 14.4. The number of nitrogens with zero attached hydrogens (tertiary/aromatic N) is 2. The number of hydrogen-bond donors (Lipinski definition) is 1. The Morgan fingerprint density at radius 2 is 1.57 bits per heavy atom. The average Bonchev–Trinajstić information content (AvgIpc) is 3.05. The van der Waals surface area contributed by atoms with Gasteiger partial charge in [-0.2, -0.15) is 0 Å². The molecule has 6 nitrogen and oxygen atoms in total. The third kappa shape index (κ3) is 3.35. The van der Waals surface area contributed by atoms with Crippen LogP contribution in [0.5, 0.6) is 0 Å². The number of rotatable bonds is 5. The lowest BCUT2D eigenvalue weighted by Gasteiger charge is -2.25. The average molecular weight is 371 g/mol. The molecule has 3 aromatic rings. The molecule has 0 aliphatic carbocycles. The van der Waals surface area contributed by atoms with Crippen molar-refractivity contribution < 1.29 is 9.72 Å². The van der Waals surface area contributed by atoms with Crippen molar-refractivity contribution in [1.29, 1.82) is 0 Å². The number of para-hydroxylation sites is 2. The van der Waals surface area contributed by atoms with Crippen LogP contribution in [0, 0.1) is 10.1 Å². The number of benzene rings is 3. The maximum Gasteiger partial charge on any atom is 0.275 e. The molecule has 1 aliphatic heterocycles. The summed E-state index contributed by atoms with van der Waals surface area (Å²) in [6.45, 7) is 0. The van der Waals surface area contributed by atoms with Gasteiger partial charge >= 0.3 is 0 Å². The first kappa shape index (κ1) is 17.5. The second-order valence-electron chi connectivity index (χ2n) is 6.38. The van der Waals surface area contributed by atoms with E-state index in [0.717, 1.165) is 11.4 Å². The molecule has 0 spiro atoms. The molecule has 0 aromatic heterocycles. The Kier molecular flexibility index (Phi) is 4.60. The van der Waals surface area contributed by atoms with Crippen LogP contribution in [0.4, 0.5) is 17.1 Å². The summed E-state index contributed by atoms with van der Waals surface area (Å²) in [6.07, 6.45) is 1.81. The predicted octanol–water partition coefficient (Wildman–Crippen LogP) is 4.68. The zero-order valence-electron chi connectivity index (χ0n) is 14.9. The van der Waals surface area contributed by atoms with Crippen molar-refractivity contribution in [3.63, 3.8) is 0 Å². The van der Waals surface area contributed by atoms with Gasteiger partial charge in [0.15, 0.2) is 0 Å². The van der Waals surface area contributed by atoms with Crippen LogP contribution in [-0.4, -0.2) is 10.8 Å². The monoisotopic (exact) mass is 371 g/mol.